The summed E-state index contributed by atoms with van der Waals surface area (Å²) in [6, 6.07) is 6.06. The predicted octanol–water partition coefficient (Wildman–Crippen LogP) is 2.06. The third kappa shape index (κ3) is 4.04. The first-order valence-corrected chi connectivity index (χ1v) is 7.40. The van der Waals surface area contributed by atoms with Gasteiger partial charge >= 0.3 is 0 Å². The van der Waals surface area contributed by atoms with Crippen molar-refractivity contribution in [3.05, 3.63) is 41.5 Å². The molecular weight excluding hydrogens is 291 g/mol. The summed E-state index contributed by atoms with van der Waals surface area (Å²) in [4.78, 5) is 12.0. The second-order valence-corrected chi connectivity index (χ2v) is 6.00. The molecular formula is C14H17FN4OS. The van der Waals surface area contributed by atoms with Crippen molar-refractivity contribution in [2.24, 2.45) is 7.05 Å². The van der Waals surface area contributed by atoms with Gasteiger partial charge in [0.25, 0.3) is 0 Å². The van der Waals surface area contributed by atoms with Gasteiger partial charge in [-0.25, -0.2) is 4.39 Å². The van der Waals surface area contributed by atoms with Crippen molar-refractivity contribution in [2.75, 3.05) is 0 Å². The van der Waals surface area contributed by atoms with Crippen LogP contribution in [0.5, 0.6) is 0 Å². The minimum absolute atomic E-state index is 0.0926. The van der Waals surface area contributed by atoms with Gasteiger partial charge in [-0.1, -0.05) is 23.9 Å². The number of amides is 1. The number of benzene rings is 1. The topological polar surface area (TPSA) is 59.8 Å². The molecule has 0 spiro atoms. The second kappa shape index (κ2) is 6.71. The Morgan fingerprint density at radius 3 is 2.62 bits per heavy atom. The van der Waals surface area contributed by atoms with Gasteiger partial charge in [-0.2, -0.15) is 0 Å². The molecule has 0 aliphatic rings. The average Bonchev–Trinajstić information content (AvgIpc) is 2.78. The van der Waals surface area contributed by atoms with Gasteiger partial charge in [-0.3, -0.25) is 4.79 Å². The Kier molecular flexibility index (Phi) is 4.95. The Hall–Kier alpha value is -1.89. The van der Waals surface area contributed by atoms with Crippen LogP contribution in [-0.2, 0) is 18.4 Å². The fourth-order valence-corrected chi connectivity index (χ4v) is 2.52. The molecule has 1 N–H and O–H groups in total. The van der Waals surface area contributed by atoms with E-state index < -0.39 is 0 Å². The van der Waals surface area contributed by atoms with E-state index >= 15 is 0 Å². The molecule has 1 amide bonds. The minimum Gasteiger partial charge on any atom is -0.351 e. The molecule has 5 nitrogen and oxygen atoms in total. The fourth-order valence-electron chi connectivity index (χ4n) is 1.64. The molecule has 0 saturated carbocycles. The molecule has 0 bridgehead atoms. The number of hydrogen-bond donors (Lipinski definition) is 1. The molecule has 1 atom stereocenters. The number of hydrogen-bond acceptors (Lipinski definition) is 4. The van der Waals surface area contributed by atoms with Crippen LogP contribution in [0, 0.1) is 12.7 Å². The monoisotopic (exact) mass is 308 g/mol. The molecule has 0 unspecified atom stereocenters. The summed E-state index contributed by atoms with van der Waals surface area (Å²) in [7, 11) is 1.86. The van der Waals surface area contributed by atoms with Crippen LogP contribution in [0.3, 0.4) is 0 Å². The van der Waals surface area contributed by atoms with Crippen LogP contribution < -0.4 is 5.32 Å². The number of aromatic nitrogens is 3. The van der Waals surface area contributed by atoms with Gasteiger partial charge in [-0.15, -0.1) is 10.2 Å². The predicted molar refractivity (Wildman–Crippen MR) is 79.3 cm³/mol. The normalized spacial score (nSPS) is 12.2. The minimum atomic E-state index is -0.286. The van der Waals surface area contributed by atoms with Gasteiger partial charge in [0, 0.05) is 13.6 Å². The van der Waals surface area contributed by atoms with Gasteiger partial charge in [-0.05, 0) is 31.5 Å². The van der Waals surface area contributed by atoms with Crippen molar-refractivity contribution in [3.8, 4) is 0 Å². The first kappa shape index (κ1) is 15.5. The number of nitrogens with one attached hydrogen (secondary N) is 1. The van der Waals surface area contributed by atoms with Crippen LogP contribution in [0.2, 0.25) is 0 Å². The van der Waals surface area contributed by atoms with Gasteiger partial charge < -0.3 is 9.88 Å². The highest BCUT2D eigenvalue weighted by molar-refractivity contribution is 8.00. The third-order valence-corrected chi connectivity index (χ3v) is 4.22. The second-order valence-electron chi connectivity index (χ2n) is 4.69. The van der Waals surface area contributed by atoms with Crippen LogP contribution >= 0.6 is 11.8 Å². The maximum absolute atomic E-state index is 12.8. The Bertz CT molecular complexity index is 626. The zero-order valence-corrected chi connectivity index (χ0v) is 12.9. The molecule has 112 valence electrons. The summed E-state index contributed by atoms with van der Waals surface area (Å²) in [5.41, 5.74) is 0.858. The molecule has 2 rings (SSSR count). The maximum Gasteiger partial charge on any atom is 0.233 e. The van der Waals surface area contributed by atoms with E-state index in [1.54, 1.807) is 12.1 Å². The molecule has 0 aliphatic carbocycles. The van der Waals surface area contributed by atoms with Crippen molar-refractivity contribution in [1.29, 1.82) is 0 Å². The lowest BCUT2D eigenvalue weighted by atomic mass is 10.2. The van der Waals surface area contributed by atoms with Crippen molar-refractivity contribution in [3.63, 3.8) is 0 Å². The van der Waals surface area contributed by atoms with E-state index in [1.165, 1.54) is 23.9 Å². The van der Waals surface area contributed by atoms with Crippen molar-refractivity contribution in [1.82, 2.24) is 20.1 Å². The van der Waals surface area contributed by atoms with E-state index in [1.807, 2.05) is 25.5 Å². The zero-order chi connectivity index (χ0) is 15.4. The van der Waals surface area contributed by atoms with Gasteiger partial charge in [0.15, 0.2) is 5.16 Å². The average molecular weight is 308 g/mol. The standard InChI is InChI=1S/C14H17FN4OS/c1-9(21-14-18-17-10(2)19(14)3)13(20)16-8-11-4-6-12(15)7-5-11/h4-7,9H,8H2,1-3H3,(H,16,20)/t9-/m1/s1. The lowest BCUT2D eigenvalue weighted by Crippen LogP contribution is -2.30. The van der Waals surface area contributed by atoms with Crippen molar-refractivity contribution in [2.45, 2.75) is 30.8 Å². The Balaban J connectivity index is 1.88. The molecule has 1 heterocycles. The summed E-state index contributed by atoms with van der Waals surface area (Å²) in [5.74, 6) is 0.424. The SMILES string of the molecule is Cc1nnc(S[C@H](C)C(=O)NCc2ccc(F)cc2)n1C. The highest BCUT2D eigenvalue weighted by atomic mass is 32.2. The molecule has 1 aromatic heterocycles. The first-order chi connectivity index (χ1) is 9.97. The Labute approximate surface area is 127 Å². The molecule has 0 fully saturated rings. The summed E-state index contributed by atoms with van der Waals surface area (Å²) < 4.78 is 14.6. The molecule has 7 heteroatoms. The smallest absolute Gasteiger partial charge is 0.233 e. The van der Waals surface area contributed by atoms with Gasteiger partial charge in [0.1, 0.15) is 11.6 Å². The number of thioether (sulfide) groups is 1. The molecule has 0 aliphatic heterocycles. The summed E-state index contributed by atoms with van der Waals surface area (Å²) in [6.45, 7) is 4.05. The summed E-state index contributed by atoms with van der Waals surface area (Å²) >= 11 is 1.35. The molecule has 21 heavy (non-hydrogen) atoms. The number of nitrogens with zero attached hydrogens (tertiary/aromatic N) is 3. The number of carbonyl (C=O) groups excluding carboxylic acids is 1. The largest absolute Gasteiger partial charge is 0.351 e. The summed E-state index contributed by atoms with van der Waals surface area (Å²) in [6.07, 6.45) is 0. The van der Waals surface area contributed by atoms with Crippen molar-refractivity contribution >= 4 is 17.7 Å². The number of carbonyl (C=O) groups is 1. The fraction of sp³-hybridized carbons (Fsp3) is 0.357. The number of halogens is 1. The zero-order valence-electron chi connectivity index (χ0n) is 12.1. The van der Waals surface area contributed by atoms with Gasteiger partial charge in [0.05, 0.1) is 5.25 Å². The van der Waals surface area contributed by atoms with Crippen molar-refractivity contribution < 1.29 is 9.18 Å². The lowest BCUT2D eigenvalue weighted by Gasteiger charge is -2.11. The van der Waals surface area contributed by atoms with E-state index in [0.29, 0.717) is 11.7 Å². The molecule has 2 aromatic rings. The number of rotatable bonds is 5. The highest BCUT2D eigenvalue weighted by Crippen LogP contribution is 2.21. The van der Waals surface area contributed by atoms with E-state index in [9.17, 15) is 9.18 Å². The van der Waals surface area contributed by atoms with Crippen LogP contribution in [-0.4, -0.2) is 25.9 Å². The quantitative estimate of drug-likeness (QED) is 0.859. The highest BCUT2D eigenvalue weighted by Gasteiger charge is 2.17. The van der Waals surface area contributed by atoms with E-state index in [4.69, 9.17) is 0 Å². The Morgan fingerprint density at radius 1 is 1.38 bits per heavy atom. The first-order valence-electron chi connectivity index (χ1n) is 6.52. The van der Waals surface area contributed by atoms with Crippen LogP contribution in [0.25, 0.3) is 0 Å². The van der Waals surface area contributed by atoms with E-state index in [-0.39, 0.29) is 17.0 Å². The van der Waals surface area contributed by atoms with E-state index in [0.717, 1.165) is 11.4 Å². The third-order valence-electron chi connectivity index (χ3n) is 3.08. The summed E-state index contributed by atoms with van der Waals surface area (Å²) in [5, 5.41) is 11.2. The molecule has 0 radical (unpaired) electrons. The van der Waals surface area contributed by atoms with Crippen LogP contribution in [0.4, 0.5) is 4.39 Å². The van der Waals surface area contributed by atoms with E-state index in [2.05, 4.69) is 15.5 Å². The van der Waals surface area contributed by atoms with Crippen LogP contribution in [0.1, 0.15) is 18.3 Å². The van der Waals surface area contributed by atoms with Gasteiger partial charge in [0.2, 0.25) is 5.91 Å². The maximum atomic E-state index is 12.8. The van der Waals surface area contributed by atoms with Crippen LogP contribution in [0.15, 0.2) is 29.4 Å². The Morgan fingerprint density at radius 2 is 2.05 bits per heavy atom. The molecule has 1 aromatic carbocycles. The number of aryl methyl sites for hydroxylation is 1. The lowest BCUT2D eigenvalue weighted by molar-refractivity contribution is -0.120. The molecule has 0 saturated heterocycles.